The molecule has 0 aromatic carbocycles. The quantitative estimate of drug-likeness (QED) is 0.812. The number of nitrogens with zero attached hydrogens (tertiary/aromatic N) is 1. The van der Waals surface area contributed by atoms with Gasteiger partial charge in [-0.2, -0.15) is 0 Å². The van der Waals surface area contributed by atoms with E-state index in [0.717, 1.165) is 25.7 Å². The summed E-state index contributed by atoms with van der Waals surface area (Å²) < 4.78 is 5.18. The second kappa shape index (κ2) is 8.36. The van der Waals surface area contributed by atoms with Gasteiger partial charge in [0.05, 0.1) is 6.10 Å². The van der Waals surface area contributed by atoms with Crippen LogP contribution in [0.5, 0.6) is 0 Å². The lowest BCUT2D eigenvalue weighted by Gasteiger charge is -2.27. The molecule has 0 saturated heterocycles. The van der Waals surface area contributed by atoms with Crippen LogP contribution in [-0.4, -0.2) is 53.8 Å². The number of likely N-dealkylation sites (N-methyl/N-ethyl adjacent to an activating group) is 1. The molecule has 2 N–H and O–H groups in total. The summed E-state index contributed by atoms with van der Waals surface area (Å²) in [7, 11) is 1.52. The first-order valence-electron chi connectivity index (χ1n) is 8.08. The van der Waals surface area contributed by atoms with Crippen LogP contribution < -0.4 is 5.32 Å². The van der Waals surface area contributed by atoms with Crippen LogP contribution in [0.1, 0.15) is 52.9 Å². The predicted octanol–water partition coefficient (Wildman–Crippen LogP) is 1.91. The second-order valence-corrected chi connectivity index (χ2v) is 7.11. The van der Waals surface area contributed by atoms with Gasteiger partial charge in [-0.3, -0.25) is 4.79 Å². The summed E-state index contributed by atoms with van der Waals surface area (Å²) in [6, 6.07) is 0. The van der Waals surface area contributed by atoms with Gasteiger partial charge in [0.25, 0.3) is 0 Å². The lowest BCUT2D eigenvalue weighted by atomic mass is 9.85. The molecular formula is C16H30N2O4. The third-order valence-electron chi connectivity index (χ3n) is 3.79. The molecule has 0 aliphatic heterocycles. The molecule has 1 aliphatic carbocycles. The molecule has 1 saturated carbocycles. The van der Waals surface area contributed by atoms with Gasteiger partial charge in [-0.05, 0) is 39.5 Å². The highest BCUT2D eigenvalue weighted by atomic mass is 16.6. The highest BCUT2D eigenvalue weighted by molar-refractivity contribution is 5.82. The van der Waals surface area contributed by atoms with Crippen LogP contribution in [0.3, 0.4) is 0 Å². The summed E-state index contributed by atoms with van der Waals surface area (Å²) in [5.74, 6) is -0.0131. The third kappa shape index (κ3) is 7.11. The number of aliphatic hydroxyl groups is 1. The van der Waals surface area contributed by atoms with Crippen molar-refractivity contribution in [2.75, 3.05) is 20.1 Å². The van der Waals surface area contributed by atoms with E-state index in [1.54, 1.807) is 20.8 Å². The van der Waals surface area contributed by atoms with Crippen LogP contribution in [0.2, 0.25) is 0 Å². The molecule has 0 aromatic heterocycles. The van der Waals surface area contributed by atoms with Crippen LogP contribution in [0.4, 0.5) is 4.79 Å². The van der Waals surface area contributed by atoms with Gasteiger partial charge >= 0.3 is 6.09 Å². The number of hydrogen-bond acceptors (Lipinski definition) is 4. The van der Waals surface area contributed by atoms with Gasteiger partial charge in [0.2, 0.25) is 5.91 Å². The molecule has 2 amide bonds. The number of rotatable bonds is 5. The minimum Gasteiger partial charge on any atom is -0.444 e. The number of aliphatic hydroxyl groups excluding tert-OH is 1. The van der Waals surface area contributed by atoms with Crippen molar-refractivity contribution in [2.24, 2.45) is 5.92 Å². The zero-order valence-electron chi connectivity index (χ0n) is 14.2. The number of carbonyl (C=O) groups excluding carboxylic acids is 2. The lowest BCUT2D eigenvalue weighted by Crippen LogP contribution is -2.44. The summed E-state index contributed by atoms with van der Waals surface area (Å²) in [5, 5.41) is 12.8. The monoisotopic (exact) mass is 314 g/mol. The predicted molar refractivity (Wildman–Crippen MR) is 84.5 cm³/mol. The Morgan fingerprint density at radius 3 is 2.41 bits per heavy atom. The van der Waals surface area contributed by atoms with E-state index in [0.29, 0.717) is 0 Å². The van der Waals surface area contributed by atoms with E-state index >= 15 is 0 Å². The summed E-state index contributed by atoms with van der Waals surface area (Å²) >= 11 is 0. The van der Waals surface area contributed by atoms with Crippen molar-refractivity contribution in [1.82, 2.24) is 10.2 Å². The fraction of sp³-hybridized carbons (Fsp3) is 0.875. The van der Waals surface area contributed by atoms with Gasteiger partial charge < -0.3 is 20.1 Å². The summed E-state index contributed by atoms with van der Waals surface area (Å²) in [6.07, 6.45) is 4.54. The molecule has 0 aromatic rings. The van der Waals surface area contributed by atoms with Crippen molar-refractivity contribution in [3.05, 3.63) is 0 Å². The molecule has 1 rings (SSSR count). The minimum atomic E-state index is -0.584. The molecule has 1 fully saturated rings. The van der Waals surface area contributed by atoms with Gasteiger partial charge in [-0.15, -0.1) is 0 Å². The third-order valence-corrected chi connectivity index (χ3v) is 3.79. The standard InChI is InChI=1S/C16H30N2O4/c1-16(2,3)22-15(21)18(4)11-14(20)17-10-13(19)12-8-6-5-7-9-12/h12-13,19H,5-11H2,1-4H3,(H,17,20). The first-order valence-corrected chi connectivity index (χ1v) is 8.08. The van der Waals surface area contributed by atoms with Crippen LogP contribution in [-0.2, 0) is 9.53 Å². The number of carbonyl (C=O) groups is 2. The van der Waals surface area contributed by atoms with Gasteiger partial charge in [-0.25, -0.2) is 4.79 Å². The average Bonchev–Trinajstić information content (AvgIpc) is 2.43. The Morgan fingerprint density at radius 2 is 1.86 bits per heavy atom. The Labute approximate surface area is 133 Å². The number of amides is 2. The Bertz CT molecular complexity index is 373. The van der Waals surface area contributed by atoms with Crippen LogP contribution in [0.25, 0.3) is 0 Å². The molecule has 0 heterocycles. The normalized spacial score (nSPS) is 17.7. The van der Waals surface area contributed by atoms with E-state index in [1.807, 2.05) is 0 Å². The van der Waals surface area contributed by atoms with E-state index in [-0.39, 0.29) is 24.9 Å². The second-order valence-electron chi connectivity index (χ2n) is 7.11. The molecular weight excluding hydrogens is 284 g/mol. The molecule has 128 valence electrons. The van der Waals surface area contributed by atoms with Crippen LogP contribution in [0.15, 0.2) is 0 Å². The van der Waals surface area contributed by atoms with Gasteiger partial charge in [0.1, 0.15) is 12.1 Å². The van der Waals surface area contributed by atoms with Gasteiger partial charge in [0, 0.05) is 13.6 Å². The van der Waals surface area contributed by atoms with E-state index in [1.165, 1.54) is 18.4 Å². The van der Waals surface area contributed by atoms with Crippen molar-refractivity contribution in [3.8, 4) is 0 Å². The SMILES string of the molecule is CN(CC(=O)NCC(O)C1CCCCC1)C(=O)OC(C)(C)C. The fourth-order valence-electron chi connectivity index (χ4n) is 2.58. The molecule has 0 bridgehead atoms. The van der Waals surface area contributed by atoms with Crippen molar-refractivity contribution in [3.63, 3.8) is 0 Å². The van der Waals surface area contributed by atoms with E-state index < -0.39 is 17.8 Å². The molecule has 6 heteroatoms. The van der Waals surface area contributed by atoms with E-state index in [4.69, 9.17) is 4.74 Å². The minimum absolute atomic E-state index is 0.0771. The Morgan fingerprint density at radius 1 is 1.27 bits per heavy atom. The van der Waals surface area contributed by atoms with E-state index in [9.17, 15) is 14.7 Å². The molecule has 1 aliphatic rings. The molecule has 1 atom stereocenters. The molecule has 6 nitrogen and oxygen atoms in total. The van der Waals surface area contributed by atoms with Gasteiger partial charge in [0.15, 0.2) is 0 Å². The van der Waals surface area contributed by atoms with Crippen LogP contribution >= 0.6 is 0 Å². The zero-order valence-corrected chi connectivity index (χ0v) is 14.2. The molecule has 1 unspecified atom stereocenters. The molecule has 0 radical (unpaired) electrons. The van der Waals surface area contributed by atoms with Crippen LogP contribution in [0, 0.1) is 5.92 Å². The summed E-state index contributed by atoms with van der Waals surface area (Å²) in [5.41, 5.74) is -0.584. The number of nitrogens with one attached hydrogen (secondary N) is 1. The maximum atomic E-state index is 11.8. The average molecular weight is 314 g/mol. The fourth-order valence-corrected chi connectivity index (χ4v) is 2.58. The van der Waals surface area contributed by atoms with Crippen molar-refractivity contribution >= 4 is 12.0 Å². The van der Waals surface area contributed by atoms with E-state index in [2.05, 4.69) is 5.32 Å². The topological polar surface area (TPSA) is 78.9 Å². The lowest BCUT2D eigenvalue weighted by molar-refractivity contribution is -0.122. The largest absolute Gasteiger partial charge is 0.444 e. The Hall–Kier alpha value is -1.30. The summed E-state index contributed by atoms with van der Waals surface area (Å²) in [4.78, 5) is 24.8. The van der Waals surface area contributed by atoms with Crippen molar-refractivity contribution < 1.29 is 19.4 Å². The smallest absolute Gasteiger partial charge is 0.410 e. The molecule has 22 heavy (non-hydrogen) atoms. The Kier molecular flexibility index (Phi) is 7.13. The zero-order chi connectivity index (χ0) is 16.8. The first-order chi connectivity index (χ1) is 10.2. The maximum Gasteiger partial charge on any atom is 0.410 e. The maximum absolute atomic E-state index is 11.8. The van der Waals surface area contributed by atoms with Crippen molar-refractivity contribution in [1.29, 1.82) is 0 Å². The number of ether oxygens (including phenoxy) is 1. The highest BCUT2D eigenvalue weighted by Crippen LogP contribution is 2.26. The summed E-state index contributed by atoms with van der Waals surface area (Å²) in [6.45, 7) is 5.50. The Balaban J connectivity index is 2.28. The number of hydrogen-bond donors (Lipinski definition) is 2. The van der Waals surface area contributed by atoms with Crippen molar-refractivity contribution in [2.45, 2.75) is 64.6 Å². The highest BCUT2D eigenvalue weighted by Gasteiger charge is 2.23. The molecule has 0 spiro atoms. The first kappa shape index (κ1) is 18.7. The van der Waals surface area contributed by atoms with Gasteiger partial charge in [-0.1, -0.05) is 19.3 Å².